The van der Waals surface area contributed by atoms with Crippen LogP contribution in [-0.4, -0.2) is 17.8 Å². The van der Waals surface area contributed by atoms with Gasteiger partial charge in [-0.05, 0) is 47.5 Å². The SMILES string of the molecule is CC(=O)Oc1ccc(C2(c3ccc(OC(C)=O)cc3)C(=O)Nc3cc(F)ccc32)cc1. The molecule has 156 valence electrons. The van der Waals surface area contributed by atoms with Gasteiger partial charge >= 0.3 is 11.9 Å². The molecule has 0 saturated carbocycles. The molecule has 0 fully saturated rings. The quantitative estimate of drug-likeness (QED) is 0.511. The number of fused-ring (bicyclic) bond motifs is 1. The number of ether oxygens (including phenoxy) is 2. The van der Waals surface area contributed by atoms with Crippen LogP contribution >= 0.6 is 0 Å². The molecule has 1 aliphatic heterocycles. The van der Waals surface area contributed by atoms with E-state index < -0.39 is 23.2 Å². The standard InChI is InChI=1S/C24H18FNO5/c1-14(27)30-19-8-3-16(4-9-19)24(17-5-10-20(11-6-17)31-15(2)28)21-12-7-18(25)13-22(21)26-23(24)29/h3-13H,1-2H3,(H,26,29). The van der Waals surface area contributed by atoms with Crippen LogP contribution in [0.25, 0.3) is 0 Å². The van der Waals surface area contributed by atoms with Crippen molar-refractivity contribution in [2.75, 3.05) is 5.32 Å². The van der Waals surface area contributed by atoms with Crippen LogP contribution in [0.3, 0.4) is 0 Å². The molecular weight excluding hydrogens is 401 g/mol. The van der Waals surface area contributed by atoms with E-state index in [1.165, 1.54) is 26.0 Å². The minimum absolute atomic E-state index is 0.342. The maximum atomic E-state index is 13.8. The van der Waals surface area contributed by atoms with Crippen LogP contribution in [0.2, 0.25) is 0 Å². The molecule has 0 radical (unpaired) electrons. The summed E-state index contributed by atoms with van der Waals surface area (Å²) in [6, 6.07) is 17.3. The number of esters is 2. The summed E-state index contributed by atoms with van der Waals surface area (Å²) in [7, 11) is 0. The summed E-state index contributed by atoms with van der Waals surface area (Å²) < 4.78 is 24.0. The van der Waals surface area contributed by atoms with Gasteiger partial charge in [0.1, 0.15) is 22.7 Å². The lowest BCUT2D eigenvalue weighted by Gasteiger charge is -2.29. The lowest BCUT2D eigenvalue weighted by atomic mass is 9.70. The Hall–Kier alpha value is -4.00. The van der Waals surface area contributed by atoms with Crippen molar-refractivity contribution < 1.29 is 28.2 Å². The predicted octanol–water partition coefficient (Wildman–Crippen LogP) is 3.96. The number of nitrogens with one attached hydrogen (secondary N) is 1. The molecule has 1 aliphatic rings. The predicted molar refractivity (Wildman–Crippen MR) is 110 cm³/mol. The van der Waals surface area contributed by atoms with Crippen LogP contribution in [0.5, 0.6) is 11.5 Å². The average molecular weight is 419 g/mol. The maximum absolute atomic E-state index is 13.8. The molecule has 0 saturated heterocycles. The van der Waals surface area contributed by atoms with E-state index in [-0.39, 0.29) is 5.91 Å². The Morgan fingerprint density at radius 1 is 0.806 bits per heavy atom. The topological polar surface area (TPSA) is 81.7 Å². The molecule has 31 heavy (non-hydrogen) atoms. The Bertz CT molecular complexity index is 1130. The summed E-state index contributed by atoms with van der Waals surface area (Å²) in [5.41, 5.74) is 0.891. The van der Waals surface area contributed by atoms with Crippen LogP contribution in [0.4, 0.5) is 10.1 Å². The molecule has 1 amide bonds. The number of carbonyl (C=O) groups is 3. The van der Waals surface area contributed by atoms with Gasteiger partial charge in [0.2, 0.25) is 5.91 Å². The zero-order valence-corrected chi connectivity index (χ0v) is 16.8. The van der Waals surface area contributed by atoms with Crippen molar-refractivity contribution in [1.29, 1.82) is 0 Å². The molecule has 0 aliphatic carbocycles. The van der Waals surface area contributed by atoms with Gasteiger partial charge in [-0.15, -0.1) is 0 Å². The van der Waals surface area contributed by atoms with E-state index in [9.17, 15) is 18.8 Å². The summed E-state index contributed by atoms with van der Waals surface area (Å²) in [5, 5.41) is 2.77. The van der Waals surface area contributed by atoms with E-state index in [0.29, 0.717) is 33.9 Å². The van der Waals surface area contributed by atoms with Gasteiger partial charge in [0, 0.05) is 25.1 Å². The average Bonchev–Trinajstić information content (AvgIpc) is 3.00. The van der Waals surface area contributed by atoms with E-state index in [4.69, 9.17) is 9.47 Å². The zero-order valence-electron chi connectivity index (χ0n) is 16.8. The van der Waals surface area contributed by atoms with Crippen molar-refractivity contribution in [3.05, 3.63) is 89.2 Å². The first-order valence-electron chi connectivity index (χ1n) is 9.50. The molecule has 3 aromatic carbocycles. The number of carbonyl (C=O) groups excluding carboxylic acids is 3. The first-order chi connectivity index (χ1) is 14.8. The molecular formula is C24H18FNO5. The largest absolute Gasteiger partial charge is 0.427 e. The van der Waals surface area contributed by atoms with E-state index in [1.54, 1.807) is 54.6 Å². The molecule has 0 bridgehead atoms. The second-order valence-corrected chi connectivity index (χ2v) is 7.13. The highest BCUT2D eigenvalue weighted by Crippen LogP contribution is 2.48. The molecule has 0 unspecified atom stereocenters. The summed E-state index contributed by atoms with van der Waals surface area (Å²) in [6.45, 7) is 2.60. The van der Waals surface area contributed by atoms with Gasteiger partial charge in [0.15, 0.2) is 0 Å². The Morgan fingerprint density at radius 2 is 1.29 bits per heavy atom. The highest BCUT2D eigenvalue weighted by Gasteiger charge is 2.49. The number of halogens is 1. The van der Waals surface area contributed by atoms with E-state index in [1.807, 2.05) is 0 Å². The number of hydrogen-bond donors (Lipinski definition) is 1. The van der Waals surface area contributed by atoms with Gasteiger partial charge in [-0.1, -0.05) is 30.3 Å². The lowest BCUT2D eigenvalue weighted by Crippen LogP contribution is -2.37. The normalized spacial score (nSPS) is 13.8. The highest BCUT2D eigenvalue weighted by molar-refractivity contribution is 6.11. The third kappa shape index (κ3) is 3.54. The van der Waals surface area contributed by atoms with Gasteiger partial charge in [-0.25, -0.2) is 4.39 Å². The van der Waals surface area contributed by atoms with Gasteiger partial charge in [-0.3, -0.25) is 14.4 Å². The van der Waals surface area contributed by atoms with Gasteiger partial charge < -0.3 is 14.8 Å². The highest BCUT2D eigenvalue weighted by atomic mass is 19.1. The molecule has 0 aromatic heterocycles. The molecule has 3 aromatic rings. The van der Waals surface area contributed by atoms with Crippen molar-refractivity contribution in [3.8, 4) is 11.5 Å². The van der Waals surface area contributed by atoms with Crippen molar-refractivity contribution in [2.24, 2.45) is 0 Å². The summed E-state index contributed by atoms with van der Waals surface area (Å²) in [5.74, 6) is -1.05. The van der Waals surface area contributed by atoms with Crippen molar-refractivity contribution in [1.82, 2.24) is 0 Å². The third-order valence-electron chi connectivity index (χ3n) is 5.07. The number of hydrogen-bond acceptors (Lipinski definition) is 5. The molecule has 1 heterocycles. The van der Waals surface area contributed by atoms with Gasteiger partial charge in [0.05, 0.1) is 0 Å². The molecule has 0 spiro atoms. The minimum Gasteiger partial charge on any atom is -0.427 e. The lowest BCUT2D eigenvalue weighted by molar-refractivity contribution is -0.132. The second kappa shape index (κ2) is 7.68. The van der Waals surface area contributed by atoms with Crippen LogP contribution in [0.15, 0.2) is 66.7 Å². The molecule has 6 nitrogen and oxygen atoms in total. The monoisotopic (exact) mass is 419 g/mol. The van der Waals surface area contributed by atoms with Crippen LogP contribution in [0.1, 0.15) is 30.5 Å². The third-order valence-corrected chi connectivity index (χ3v) is 5.07. The number of amides is 1. The minimum atomic E-state index is -1.27. The maximum Gasteiger partial charge on any atom is 0.308 e. The number of anilines is 1. The fourth-order valence-corrected chi connectivity index (χ4v) is 3.90. The van der Waals surface area contributed by atoms with Crippen LogP contribution in [-0.2, 0) is 19.8 Å². The Kier molecular flexibility index (Phi) is 5.02. The fraction of sp³-hybridized carbons (Fsp3) is 0.125. The van der Waals surface area contributed by atoms with E-state index in [2.05, 4.69) is 5.32 Å². The molecule has 4 rings (SSSR count). The van der Waals surface area contributed by atoms with Crippen molar-refractivity contribution in [2.45, 2.75) is 19.3 Å². The molecule has 7 heteroatoms. The van der Waals surface area contributed by atoms with Gasteiger partial charge in [0.25, 0.3) is 0 Å². The Morgan fingerprint density at radius 3 is 1.74 bits per heavy atom. The summed E-state index contributed by atoms with van der Waals surface area (Å²) >= 11 is 0. The van der Waals surface area contributed by atoms with Gasteiger partial charge in [-0.2, -0.15) is 0 Å². The van der Waals surface area contributed by atoms with Crippen LogP contribution < -0.4 is 14.8 Å². The smallest absolute Gasteiger partial charge is 0.308 e. The first-order valence-corrected chi connectivity index (χ1v) is 9.50. The first kappa shape index (κ1) is 20.3. The number of benzene rings is 3. The molecule has 0 atom stereocenters. The van der Waals surface area contributed by atoms with E-state index >= 15 is 0 Å². The summed E-state index contributed by atoms with van der Waals surface area (Å²) in [4.78, 5) is 35.9. The summed E-state index contributed by atoms with van der Waals surface area (Å²) in [6.07, 6.45) is 0. The van der Waals surface area contributed by atoms with E-state index in [0.717, 1.165) is 0 Å². The fourth-order valence-electron chi connectivity index (χ4n) is 3.90. The van der Waals surface area contributed by atoms with Crippen molar-refractivity contribution in [3.63, 3.8) is 0 Å². The number of rotatable bonds is 4. The van der Waals surface area contributed by atoms with Crippen molar-refractivity contribution >= 4 is 23.5 Å². The zero-order chi connectivity index (χ0) is 22.2. The molecule has 1 N–H and O–H groups in total. The van der Waals surface area contributed by atoms with Crippen LogP contribution in [0, 0.1) is 5.82 Å². The second-order valence-electron chi connectivity index (χ2n) is 7.13. The Labute approximate surface area is 177 Å². The Balaban J connectivity index is 1.89.